The summed E-state index contributed by atoms with van der Waals surface area (Å²) in [7, 11) is 0. The first-order valence-corrected chi connectivity index (χ1v) is 11.3. The first-order valence-electron chi connectivity index (χ1n) is 11.3. The average molecular weight is 472 g/mol. The number of nitrogens with one attached hydrogen (secondary N) is 1. The van der Waals surface area contributed by atoms with Crippen molar-refractivity contribution in [3.05, 3.63) is 20.8 Å². The maximum atomic E-state index is 13.1. The quantitative estimate of drug-likeness (QED) is 0.678. The summed E-state index contributed by atoms with van der Waals surface area (Å²) in [6, 6.07) is 0. The Balaban J connectivity index is 1.82. The van der Waals surface area contributed by atoms with Crippen LogP contribution >= 0.6 is 0 Å². The van der Waals surface area contributed by atoms with Crippen molar-refractivity contribution < 1.29 is 27.6 Å². The molecule has 1 aromatic rings. The SMILES string of the molecule is CCCn1c2c(c(=O)n(CCC)c1=O)NC(C1CC3CCC(C1)C3=O)N2OC(=O)C(F)(F)F. The molecule has 2 aliphatic carbocycles. The Morgan fingerprint density at radius 2 is 1.61 bits per heavy atom. The first-order chi connectivity index (χ1) is 15.6. The molecule has 1 aliphatic heterocycles. The van der Waals surface area contributed by atoms with Crippen molar-refractivity contribution in [3.8, 4) is 0 Å². The van der Waals surface area contributed by atoms with E-state index in [1.807, 2.05) is 0 Å². The van der Waals surface area contributed by atoms with Gasteiger partial charge in [0.2, 0.25) is 0 Å². The van der Waals surface area contributed by atoms with Crippen LogP contribution in [0.2, 0.25) is 0 Å². The maximum Gasteiger partial charge on any atom is 0.493 e. The lowest BCUT2D eigenvalue weighted by molar-refractivity contribution is -0.202. The zero-order valence-corrected chi connectivity index (χ0v) is 18.5. The van der Waals surface area contributed by atoms with Crippen molar-refractivity contribution in [1.82, 2.24) is 9.13 Å². The molecule has 182 valence electrons. The molecular weight excluding hydrogens is 445 g/mol. The third-order valence-corrected chi connectivity index (χ3v) is 6.75. The van der Waals surface area contributed by atoms with E-state index < -0.39 is 29.6 Å². The molecule has 2 fully saturated rings. The number of hydrogen-bond acceptors (Lipinski definition) is 7. The Kier molecular flexibility index (Phi) is 6.04. The highest BCUT2D eigenvalue weighted by Gasteiger charge is 2.51. The van der Waals surface area contributed by atoms with Crippen LogP contribution in [0.3, 0.4) is 0 Å². The second-order valence-corrected chi connectivity index (χ2v) is 8.99. The minimum absolute atomic E-state index is 0.0688. The summed E-state index contributed by atoms with van der Waals surface area (Å²) in [6.45, 7) is 3.84. The van der Waals surface area contributed by atoms with Crippen molar-refractivity contribution in [1.29, 1.82) is 0 Å². The molecule has 0 radical (unpaired) electrons. The molecule has 0 saturated heterocycles. The molecule has 4 rings (SSSR count). The summed E-state index contributed by atoms with van der Waals surface area (Å²) in [5.41, 5.74) is -1.41. The number of Topliss-reactive ketones (excluding diaryl/α,β-unsaturated/α-hetero) is 1. The van der Waals surface area contributed by atoms with Crippen LogP contribution in [0.5, 0.6) is 0 Å². The Hall–Kier alpha value is -2.79. The van der Waals surface area contributed by atoms with Gasteiger partial charge in [0.15, 0.2) is 5.82 Å². The highest BCUT2D eigenvalue weighted by molar-refractivity contribution is 5.86. The molecule has 3 atom stereocenters. The first kappa shape index (κ1) is 23.4. The van der Waals surface area contributed by atoms with Crippen LogP contribution in [0.15, 0.2) is 9.59 Å². The number of halogens is 3. The van der Waals surface area contributed by atoms with Crippen LogP contribution in [-0.4, -0.2) is 33.2 Å². The van der Waals surface area contributed by atoms with Gasteiger partial charge in [0.1, 0.15) is 17.6 Å². The summed E-state index contributed by atoms with van der Waals surface area (Å²) in [5, 5.41) is 3.71. The summed E-state index contributed by atoms with van der Waals surface area (Å²) in [5.74, 6) is -3.20. The van der Waals surface area contributed by atoms with Crippen LogP contribution in [-0.2, 0) is 27.5 Å². The van der Waals surface area contributed by atoms with Crippen molar-refractivity contribution in [2.45, 2.75) is 77.8 Å². The number of rotatable bonds is 6. The van der Waals surface area contributed by atoms with Gasteiger partial charge in [0, 0.05) is 30.8 Å². The van der Waals surface area contributed by atoms with E-state index in [0.29, 0.717) is 38.5 Å². The van der Waals surface area contributed by atoms with E-state index in [2.05, 4.69) is 5.32 Å². The van der Waals surface area contributed by atoms with Crippen molar-refractivity contribution in [2.24, 2.45) is 17.8 Å². The number of fused-ring (bicyclic) bond motifs is 3. The van der Waals surface area contributed by atoms with E-state index in [1.54, 1.807) is 13.8 Å². The van der Waals surface area contributed by atoms with Gasteiger partial charge in [0.05, 0.1) is 0 Å². The predicted molar refractivity (Wildman–Crippen MR) is 112 cm³/mol. The number of carbonyl (C=O) groups is 2. The second-order valence-electron chi connectivity index (χ2n) is 8.99. The molecule has 2 heterocycles. The van der Waals surface area contributed by atoms with E-state index in [0.717, 1.165) is 9.63 Å². The predicted octanol–water partition coefficient (Wildman–Crippen LogP) is 2.41. The molecule has 3 unspecified atom stereocenters. The van der Waals surface area contributed by atoms with Gasteiger partial charge in [0.25, 0.3) is 5.56 Å². The summed E-state index contributed by atoms with van der Waals surface area (Å²) < 4.78 is 41.5. The number of aromatic nitrogens is 2. The monoisotopic (exact) mass is 472 g/mol. The lowest BCUT2D eigenvalue weighted by Crippen LogP contribution is -2.48. The normalized spacial score (nSPS) is 26.3. The molecule has 2 bridgehead atoms. The Bertz CT molecular complexity index is 1060. The Labute approximate surface area is 187 Å². The minimum Gasteiger partial charge on any atom is -0.355 e. The number of anilines is 2. The molecule has 33 heavy (non-hydrogen) atoms. The molecule has 9 nitrogen and oxygen atoms in total. The van der Waals surface area contributed by atoms with E-state index >= 15 is 0 Å². The third-order valence-electron chi connectivity index (χ3n) is 6.75. The number of hydrogen-bond donors (Lipinski definition) is 1. The van der Waals surface area contributed by atoms with Crippen molar-refractivity contribution >= 4 is 23.3 Å². The van der Waals surface area contributed by atoms with E-state index in [-0.39, 0.29) is 48.1 Å². The topological polar surface area (TPSA) is 103 Å². The molecule has 2 saturated carbocycles. The fourth-order valence-electron chi connectivity index (χ4n) is 5.35. The lowest BCUT2D eigenvalue weighted by atomic mass is 9.78. The maximum absolute atomic E-state index is 13.1. The van der Waals surface area contributed by atoms with E-state index in [9.17, 15) is 32.3 Å². The highest BCUT2D eigenvalue weighted by atomic mass is 19.4. The molecular formula is C21H27F3N4O5. The lowest BCUT2D eigenvalue weighted by Gasteiger charge is -2.35. The van der Waals surface area contributed by atoms with Gasteiger partial charge in [-0.05, 0) is 38.5 Å². The van der Waals surface area contributed by atoms with Gasteiger partial charge >= 0.3 is 17.8 Å². The van der Waals surface area contributed by atoms with Gasteiger partial charge in [-0.2, -0.15) is 18.2 Å². The van der Waals surface area contributed by atoms with Crippen LogP contribution in [0.4, 0.5) is 24.7 Å². The van der Waals surface area contributed by atoms with Gasteiger partial charge < -0.3 is 10.2 Å². The third kappa shape index (κ3) is 3.93. The molecule has 0 amide bonds. The molecule has 1 N–H and O–H groups in total. The van der Waals surface area contributed by atoms with Gasteiger partial charge in [-0.25, -0.2) is 9.59 Å². The molecule has 3 aliphatic rings. The molecule has 12 heteroatoms. The number of carbonyl (C=O) groups excluding carboxylic acids is 2. The fraction of sp³-hybridized carbons (Fsp3) is 0.714. The Morgan fingerprint density at radius 3 is 2.15 bits per heavy atom. The minimum atomic E-state index is -5.26. The molecule has 0 spiro atoms. The van der Waals surface area contributed by atoms with Gasteiger partial charge in [-0.1, -0.05) is 13.8 Å². The largest absolute Gasteiger partial charge is 0.493 e. The number of nitrogens with zero attached hydrogens (tertiary/aromatic N) is 3. The second kappa shape index (κ2) is 8.53. The standard InChI is InChI=1S/C21H27F3N4O5/c1-3-7-26-17-14(18(30)27(8-4-2)20(26)32)25-16(28(17)33-19(31)21(22,23)24)13-9-11-5-6-12(10-13)15(11)29/h11-13,16,25H,3-10H2,1-2H3. The molecule has 1 aromatic heterocycles. The number of ketones is 1. The Morgan fingerprint density at radius 1 is 1.03 bits per heavy atom. The average Bonchev–Trinajstić information content (AvgIpc) is 3.19. The van der Waals surface area contributed by atoms with Crippen molar-refractivity contribution in [3.63, 3.8) is 0 Å². The van der Waals surface area contributed by atoms with Crippen LogP contribution in [0.25, 0.3) is 0 Å². The van der Waals surface area contributed by atoms with E-state index in [1.165, 1.54) is 4.57 Å². The zero-order chi connectivity index (χ0) is 24.1. The summed E-state index contributed by atoms with van der Waals surface area (Å²) in [6.07, 6.45) is -3.05. The van der Waals surface area contributed by atoms with Crippen molar-refractivity contribution in [2.75, 3.05) is 10.4 Å². The number of hydroxylamine groups is 1. The number of alkyl halides is 3. The van der Waals surface area contributed by atoms with E-state index in [4.69, 9.17) is 4.84 Å². The van der Waals surface area contributed by atoms with Gasteiger partial charge in [-0.3, -0.25) is 18.7 Å². The van der Waals surface area contributed by atoms with Crippen LogP contribution in [0.1, 0.15) is 52.4 Å². The smallest absolute Gasteiger partial charge is 0.355 e. The fourth-order valence-corrected chi connectivity index (χ4v) is 5.35. The zero-order valence-electron chi connectivity index (χ0n) is 18.5. The highest BCUT2D eigenvalue weighted by Crippen LogP contribution is 2.46. The summed E-state index contributed by atoms with van der Waals surface area (Å²) in [4.78, 5) is 55.1. The van der Waals surface area contributed by atoms with Crippen LogP contribution < -0.4 is 21.6 Å². The molecule has 0 aromatic carbocycles. The van der Waals surface area contributed by atoms with Crippen LogP contribution in [0, 0.1) is 17.8 Å². The summed E-state index contributed by atoms with van der Waals surface area (Å²) >= 11 is 0. The van der Waals surface area contributed by atoms with Gasteiger partial charge in [-0.15, -0.1) is 0 Å².